The third-order valence-corrected chi connectivity index (χ3v) is 3.29. The second kappa shape index (κ2) is 11.1. The zero-order valence-corrected chi connectivity index (χ0v) is 13.3. The van der Waals surface area contributed by atoms with Crippen LogP contribution in [0.25, 0.3) is 0 Å². The normalized spacial score (nSPS) is 10.4. The molecule has 0 radical (unpaired) electrons. The van der Waals surface area contributed by atoms with Gasteiger partial charge in [-0.05, 0) is 25.0 Å². The summed E-state index contributed by atoms with van der Waals surface area (Å²) in [6.07, 6.45) is 6.79. The first-order valence-corrected chi connectivity index (χ1v) is 8.06. The molecule has 0 amide bonds. The second-order valence-electron chi connectivity index (χ2n) is 5.17. The van der Waals surface area contributed by atoms with Crippen LogP contribution in [0.5, 0.6) is 0 Å². The van der Waals surface area contributed by atoms with Gasteiger partial charge in [0.2, 0.25) is 0 Å². The van der Waals surface area contributed by atoms with Crippen LogP contribution in [-0.4, -0.2) is 19.1 Å². The van der Waals surface area contributed by atoms with Crippen LogP contribution in [0.2, 0.25) is 0 Å². The standard InChI is InChI=1S/C17H28N2O2/c1-3-5-9-13-18-16-12-8-7-11-15(16)17(20)21-19-14-10-6-4-2/h7-8,11-12,18-19H,3-6,9-10,13-14H2,1-2H3. The number of nitrogens with one attached hydrogen (secondary N) is 2. The SMILES string of the molecule is CCCCCNOC(=O)c1ccccc1NCCCCC. The Bertz CT molecular complexity index is 408. The molecule has 0 aliphatic heterocycles. The summed E-state index contributed by atoms with van der Waals surface area (Å²) in [7, 11) is 0. The van der Waals surface area contributed by atoms with Crippen molar-refractivity contribution in [1.82, 2.24) is 5.48 Å². The molecule has 0 spiro atoms. The molecule has 1 rings (SSSR count). The van der Waals surface area contributed by atoms with Gasteiger partial charge in [-0.3, -0.25) is 0 Å². The molecule has 0 fully saturated rings. The molecule has 0 saturated heterocycles. The van der Waals surface area contributed by atoms with Gasteiger partial charge in [-0.1, -0.05) is 51.7 Å². The number of para-hydroxylation sites is 1. The highest BCUT2D eigenvalue weighted by Gasteiger charge is 2.12. The van der Waals surface area contributed by atoms with Crippen LogP contribution in [0.1, 0.15) is 62.7 Å². The van der Waals surface area contributed by atoms with E-state index in [-0.39, 0.29) is 5.97 Å². The lowest BCUT2D eigenvalue weighted by molar-refractivity contribution is 0.0252. The Hall–Kier alpha value is -1.55. The molecule has 1 aromatic carbocycles. The van der Waals surface area contributed by atoms with Gasteiger partial charge in [0, 0.05) is 18.8 Å². The Labute approximate surface area is 128 Å². The molecule has 0 aliphatic carbocycles. The molecule has 0 aliphatic rings. The molecule has 21 heavy (non-hydrogen) atoms. The fraction of sp³-hybridized carbons (Fsp3) is 0.588. The third-order valence-electron chi connectivity index (χ3n) is 3.29. The molecule has 0 heterocycles. The highest BCUT2D eigenvalue weighted by Crippen LogP contribution is 2.16. The molecule has 0 aromatic heterocycles. The van der Waals surface area contributed by atoms with Gasteiger partial charge in [-0.25, -0.2) is 4.79 Å². The van der Waals surface area contributed by atoms with E-state index < -0.39 is 0 Å². The van der Waals surface area contributed by atoms with E-state index in [1.807, 2.05) is 18.2 Å². The first kappa shape index (κ1) is 17.5. The van der Waals surface area contributed by atoms with Gasteiger partial charge < -0.3 is 10.2 Å². The minimum Gasteiger partial charge on any atom is -0.384 e. The number of unbranched alkanes of at least 4 members (excludes halogenated alkanes) is 4. The number of hydrogen-bond acceptors (Lipinski definition) is 4. The lowest BCUT2D eigenvalue weighted by Crippen LogP contribution is -2.22. The van der Waals surface area contributed by atoms with Crippen LogP contribution in [0, 0.1) is 0 Å². The molecule has 4 nitrogen and oxygen atoms in total. The van der Waals surface area contributed by atoms with E-state index in [1.54, 1.807) is 6.07 Å². The number of carbonyl (C=O) groups excluding carboxylic acids is 1. The van der Waals surface area contributed by atoms with E-state index in [0.29, 0.717) is 12.1 Å². The van der Waals surface area contributed by atoms with Gasteiger partial charge >= 0.3 is 5.97 Å². The van der Waals surface area contributed by atoms with Gasteiger partial charge in [0.25, 0.3) is 0 Å². The molecule has 2 N–H and O–H groups in total. The molecule has 118 valence electrons. The summed E-state index contributed by atoms with van der Waals surface area (Å²) in [4.78, 5) is 17.2. The lowest BCUT2D eigenvalue weighted by Gasteiger charge is -2.11. The smallest absolute Gasteiger partial charge is 0.358 e. The summed E-state index contributed by atoms with van der Waals surface area (Å²) in [6, 6.07) is 7.48. The fourth-order valence-electron chi connectivity index (χ4n) is 2.03. The maximum Gasteiger partial charge on any atom is 0.358 e. The average Bonchev–Trinajstić information content (AvgIpc) is 2.51. The van der Waals surface area contributed by atoms with Crippen molar-refractivity contribution in [2.24, 2.45) is 0 Å². The van der Waals surface area contributed by atoms with Gasteiger partial charge in [-0.15, -0.1) is 0 Å². The Morgan fingerprint density at radius 1 is 1.00 bits per heavy atom. The summed E-state index contributed by atoms with van der Waals surface area (Å²) < 4.78 is 0. The predicted molar refractivity (Wildman–Crippen MR) is 87.4 cm³/mol. The van der Waals surface area contributed by atoms with Crippen molar-refractivity contribution in [1.29, 1.82) is 0 Å². The van der Waals surface area contributed by atoms with Crippen molar-refractivity contribution in [2.45, 2.75) is 52.4 Å². The van der Waals surface area contributed by atoms with Crippen molar-refractivity contribution < 1.29 is 9.63 Å². The highest BCUT2D eigenvalue weighted by molar-refractivity contribution is 5.95. The minimum absolute atomic E-state index is 0.329. The largest absolute Gasteiger partial charge is 0.384 e. The van der Waals surface area contributed by atoms with E-state index >= 15 is 0 Å². The van der Waals surface area contributed by atoms with Crippen LogP contribution in [0.15, 0.2) is 24.3 Å². The predicted octanol–water partition coefficient (Wildman–Crippen LogP) is 4.14. The van der Waals surface area contributed by atoms with Gasteiger partial charge in [0.05, 0.1) is 5.56 Å². The average molecular weight is 292 g/mol. The molecule has 0 saturated carbocycles. The summed E-state index contributed by atoms with van der Waals surface area (Å²) in [5.41, 5.74) is 4.17. The van der Waals surface area contributed by atoms with Crippen LogP contribution < -0.4 is 10.8 Å². The minimum atomic E-state index is -0.329. The highest BCUT2D eigenvalue weighted by atomic mass is 16.7. The maximum atomic E-state index is 12.1. The maximum absolute atomic E-state index is 12.1. The van der Waals surface area contributed by atoms with Crippen LogP contribution >= 0.6 is 0 Å². The number of benzene rings is 1. The van der Waals surface area contributed by atoms with Crippen molar-refractivity contribution in [3.05, 3.63) is 29.8 Å². The molecular formula is C17H28N2O2. The molecule has 0 unspecified atom stereocenters. The number of carbonyl (C=O) groups is 1. The summed E-state index contributed by atoms with van der Waals surface area (Å²) >= 11 is 0. The first-order valence-electron chi connectivity index (χ1n) is 8.06. The molecule has 4 heteroatoms. The van der Waals surface area contributed by atoms with E-state index in [4.69, 9.17) is 4.84 Å². The Morgan fingerprint density at radius 2 is 1.67 bits per heavy atom. The van der Waals surface area contributed by atoms with E-state index in [0.717, 1.165) is 37.9 Å². The van der Waals surface area contributed by atoms with E-state index in [9.17, 15) is 4.79 Å². The third kappa shape index (κ3) is 7.14. The Morgan fingerprint density at radius 3 is 2.38 bits per heavy atom. The van der Waals surface area contributed by atoms with Crippen molar-refractivity contribution >= 4 is 11.7 Å². The first-order chi connectivity index (χ1) is 10.3. The van der Waals surface area contributed by atoms with Crippen LogP contribution in [0.4, 0.5) is 5.69 Å². The number of anilines is 1. The van der Waals surface area contributed by atoms with E-state index in [1.165, 1.54) is 12.8 Å². The Kier molecular flexibility index (Phi) is 9.29. The fourth-order valence-corrected chi connectivity index (χ4v) is 2.03. The van der Waals surface area contributed by atoms with Crippen LogP contribution in [0.3, 0.4) is 0 Å². The lowest BCUT2D eigenvalue weighted by atomic mass is 10.1. The summed E-state index contributed by atoms with van der Waals surface area (Å²) in [6.45, 7) is 5.90. The molecule has 1 aromatic rings. The number of rotatable bonds is 11. The van der Waals surface area contributed by atoms with Gasteiger partial charge in [0.1, 0.15) is 0 Å². The topological polar surface area (TPSA) is 50.4 Å². The van der Waals surface area contributed by atoms with Crippen molar-refractivity contribution in [2.75, 3.05) is 18.4 Å². The monoisotopic (exact) mass is 292 g/mol. The quantitative estimate of drug-likeness (QED) is 0.475. The molecular weight excluding hydrogens is 264 g/mol. The zero-order chi connectivity index (χ0) is 15.3. The number of hydrogen-bond donors (Lipinski definition) is 2. The zero-order valence-electron chi connectivity index (χ0n) is 13.3. The summed E-state index contributed by atoms with van der Waals surface area (Å²) in [5.74, 6) is -0.329. The number of hydroxylamine groups is 1. The molecule has 0 atom stereocenters. The van der Waals surface area contributed by atoms with Gasteiger partial charge in [-0.2, -0.15) is 5.48 Å². The second-order valence-corrected chi connectivity index (χ2v) is 5.17. The Balaban J connectivity index is 2.43. The van der Waals surface area contributed by atoms with E-state index in [2.05, 4.69) is 24.6 Å². The van der Waals surface area contributed by atoms with Gasteiger partial charge in [0.15, 0.2) is 0 Å². The summed E-state index contributed by atoms with van der Waals surface area (Å²) in [5, 5.41) is 3.31. The molecule has 0 bridgehead atoms. The van der Waals surface area contributed by atoms with Crippen molar-refractivity contribution in [3.8, 4) is 0 Å². The van der Waals surface area contributed by atoms with Crippen molar-refractivity contribution in [3.63, 3.8) is 0 Å². The van der Waals surface area contributed by atoms with Crippen LogP contribution in [-0.2, 0) is 4.84 Å².